The Labute approximate surface area is 96.0 Å². The van der Waals surface area contributed by atoms with Gasteiger partial charge in [-0.3, -0.25) is 5.32 Å². The van der Waals surface area contributed by atoms with E-state index in [0.29, 0.717) is 5.92 Å². The van der Waals surface area contributed by atoms with E-state index in [2.05, 4.69) is 36.0 Å². The van der Waals surface area contributed by atoms with Crippen molar-refractivity contribution in [2.75, 3.05) is 0 Å². The van der Waals surface area contributed by atoms with Crippen LogP contribution >= 0.6 is 0 Å². The summed E-state index contributed by atoms with van der Waals surface area (Å²) in [6.45, 7) is 7.83. The molecule has 0 spiro atoms. The molecule has 3 N–H and O–H groups in total. The van der Waals surface area contributed by atoms with Gasteiger partial charge in [-0.25, -0.2) is 9.38 Å². The van der Waals surface area contributed by atoms with Crippen LogP contribution in [0.2, 0.25) is 0 Å². The number of hydrogen-bond donors (Lipinski definition) is 2. The van der Waals surface area contributed by atoms with Crippen LogP contribution in [0.25, 0.3) is 0 Å². The molecule has 2 atom stereocenters. The van der Waals surface area contributed by atoms with Crippen LogP contribution < -0.4 is 11.1 Å². The van der Waals surface area contributed by atoms with Crippen molar-refractivity contribution < 1.29 is 4.39 Å². The smallest absolute Gasteiger partial charge is 0.176 e. The zero-order valence-electron chi connectivity index (χ0n) is 10.1. The summed E-state index contributed by atoms with van der Waals surface area (Å²) in [5.41, 5.74) is 4.44. The maximum absolute atomic E-state index is 13.8. The van der Waals surface area contributed by atoms with E-state index in [1.54, 1.807) is 6.92 Å². The van der Waals surface area contributed by atoms with Crippen molar-refractivity contribution >= 4 is 5.84 Å². The number of nitrogens with one attached hydrogen (secondary N) is 1. The Morgan fingerprint density at radius 1 is 1.50 bits per heavy atom. The summed E-state index contributed by atoms with van der Waals surface area (Å²) in [5.74, 6) is 5.54. The molecule has 0 aromatic rings. The van der Waals surface area contributed by atoms with Crippen molar-refractivity contribution in [3.8, 4) is 11.8 Å². The van der Waals surface area contributed by atoms with Crippen LogP contribution in [0.1, 0.15) is 27.7 Å². The standard InChI is InChI=1S/C12H18FN3/c1-8(2)9(3)16-12(4)6-5-11(14)15-7-10(12)13/h7-9,16H,1-4H3,(H2,14,15)/t9-,12?/m1/s1. The topological polar surface area (TPSA) is 50.4 Å². The molecule has 88 valence electrons. The maximum Gasteiger partial charge on any atom is 0.176 e. The first-order valence-electron chi connectivity index (χ1n) is 5.35. The van der Waals surface area contributed by atoms with E-state index in [-0.39, 0.29) is 11.9 Å². The van der Waals surface area contributed by atoms with E-state index >= 15 is 0 Å². The molecule has 0 amide bonds. The molecule has 1 rings (SSSR count). The number of amidine groups is 1. The third kappa shape index (κ3) is 2.83. The second-order valence-electron chi connectivity index (χ2n) is 4.54. The van der Waals surface area contributed by atoms with Crippen LogP contribution in [0.15, 0.2) is 17.0 Å². The summed E-state index contributed by atoms with van der Waals surface area (Å²) in [6, 6.07) is 0.151. The van der Waals surface area contributed by atoms with Crippen molar-refractivity contribution in [1.29, 1.82) is 0 Å². The Bertz CT molecular complexity index is 387. The van der Waals surface area contributed by atoms with Gasteiger partial charge in [-0.1, -0.05) is 19.8 Å². The predicted molar refractivity (Wildman–Crippen MR) is 64.4 cm³/mol. The Morgan fingerprint density at radius 3 is 2.69 bits per heavy atom. The second kappa shape index (κ2) is 4.67. The van der Waals surface area contributed by atoms with Gasteiger partial charge >= 0.3 is 0 Å². The Kier molecular flexibility index (Phi) is 3.71. The summed E-state index contributed by atoms with van der Waals surface area (Å²) < 4.78 is 13.8. The monoisotopic (exact) mass is 223 g/mol. The minimum atomic E-state index is -1.01. The van der Waals surface area contributed by atoms with Crippen molar-refractivity contribution in [3.05, 3.63) is 12.0 Å². The fourth-order valence-corrected chi connectivity index (χ4v) is 1.26. The first-order valence-corrected chi connectivity index (χ1v) is 5.35. The highest BCUT2D eigenvalue weighted by atomic mass is 19.1. The summed E-state index contributed by atoms with van der Waals surface area (Å²) in [7, 11) is 0. The molecule has 1 aliphatic heterocycles. The van der Waals surface area contributed by atoms with Gasteiger partial charge in [0.1, 0.15) is 5.54 Å². The zero-order chi connectivity index (χ0) is 12.3. The minimum absolute atomic E-state index is 0.137. The van der Waals surface area contributed by atoms with Gasteiger partial charge in [0, 0.05) is 6.04 Å². The van der Waals surface area contributed by atoms with Crippen molar-refractivity contribution in [2.24, 2.45) is 16.6 Å². The van der Waals surface area contributed by atoms with Gasteiger partial charge in [-0.05, 0) is 25.7 Å². The lowest BCUT2D eigenvalue weighted by molar-refractivity contribution is 0.330. The highest BCUT2D eigenvalue weighted by molar-refractivity contribution is 5.98. The van der Waals surface area contributed by atoms with E-state index in [4.69, 9.17) is 5.73 Å². The van der Waals surface area contributed by atoms with Gasteiger partial charge in [0.2, 0.25) is 0 Å². The number of nitrogens with two attached hydrogens (primary N) is 1. The average Bonchev–Trinajstić information content (AvgIpc) is 2.32. The number of halogens is 1. The van der Waals surface area contributed by atoms with E-state index in [9.17, 15) is 4.39 Å². The maximum atomic E-state index is 13.8. The van der Waals surface area contributed by atoms with Gasteiger partial charge < -0.3 is 5.73 Å². The fourth-order valence-electron chi connectivity index (χ4n) is 1.26. The lowest BCUT2D eigenvalue weighted by Gasteiger charge is -2.29. The molecule has 0 saturated heterocycles. The van der Waals surface area contributed by atoms with E-state index in [1.165, 1.54) is 0 Å². The second-order valence-corrected chi connectivity index (χ2v) is 4.54. The molecule has 0 aromatic heterocycles. The highest BCUT2D eigenvalue weighted by Gasteiger charge is 2.30. The first kappa shape index (κ1) is 12.7. The third-order valence-electron chi connectivity index (χ3n) is 2.75. The van der Waals surface area contributed by atoms with Crippen molar-refractivity contribution in [1.82, 2.24) is 5.32 Å². The molecule has 3 nitrogen and oxygen atoms in total. The SMILES string of the molecule is CC(C)[C@@H](C)NC1(C)C#CC(N)=NC=C1F. The van der Waals surface area contributed by atoms with Gasteiger partial charge in [-0.2, -0.15) is 0 Å². The molecule has 1 unspecified atom stereocenters. The predicted octanol–water partition coefficient (Wildman–Crippen LogP) is 1.56. The van der Waals surface area contributed by atoms with Crippen LogP contribution in [0, 0.1) is 17.8 Å². The molecule has 4 heteroatoms. The van der Waals surface area contributed by atoms with Gasteiger partial charge in [-0.15, -0.1) is 0 Å². The average molecular weight is 223 g/mol. The molecule has 1 heterocycles. The van der Waals surface area contributed by atoms with Gasteiger partial charge in [0.25, 0.3) is 0 Å². The summed E-state index contributed by atoms with van der Waals surface area (Å²) in [5, 5.41) is 3.16. The molecule has 0 saturated carbocycles. The van der Waals surface area contributed by atoms with Crippen LogP contribution in [0.3, 0.4) is 0 Å². The summed E-state index contributed by atoms with van der Waals surface area (Å²) in [6.07, 6.45) is 1.11. The minimum Gasteiger partial charge on any atom is -0.377 e. The van der Waals surface area contributed by atoms with Gasteiger partial charge in [0.15, 0.2) is 11.7 Å². The van der Waals surface area contributed by atoms with Crippen LogP contribution in [0.4, 0.5) is 4.39 Å². The molecular weight excluding hydrogens is 205 g/mol. The molecule has 0 aromatic carbocycles. The van der Waals surface area contributed by atoms with E-state index in [1.807, 2.05) is 6.92 Å². The van der Waals surface area contributed by atoms with Crippen LogP contribution in [-0.2, 0) is 0 Å². The van der Waals surface area contributed by atoms with Crippen molar-refractivity contribution in [2.45, 2.75) is 39.3 Å². The molecule has 0 radical (unpaired) electrons. The first-order chi connectivity index (χ1) is 7.35. The lowest BCUT2D eigenvalue weighted by atomic mass is 9.97. The van der Waals surface area contributed by atoms with E-state index < -0.39 is 11.4 Å². The van der Waals surface area contributed by atoms with E-state index in [0.717, 1.165) is 6.20 Å². The number of rotatable bonds is 3. The molecule has 0 fully saturated rings. The summed E-state index contributed by atoms with van der Waals surface area (Å²) >= 11 is 0. The molecule has 0 bridgehead atoms. The fraction of sp³-hybridized carbons (Fsp3) is 0.583. The van der Waals surface area contributed by atoms with Gasteiger partial charge in [0.05, 0.1) is 6.20 Å². The number of nitrogens with zero attached hydrogens (tertiary/aromatic N) is 1. The van der Waals surface area contributed by atoms with Crippen molar-refractivity contribution in [3.63, 3.8) is 0 Å². The lowest BCUT2D eigenvalue weighted by Crippen LogP contribution is -2.48. The number of aliphatic imine (C=N–C) groups is 1. The highest BCUT2D eigenvalue weighted by Crippen LogP contribution is 2.20. The Hall–Kier alpha value is -1.34. The quantitative estimate of drug-likeness (QED) is 0.713. The van der Waals surface area contributed by atoms with Crippen LogP contribution in [0.5, 0.6) is 0 Å². The zero-order valence-corrected chi connectivity index (χ0v) is 10.1. The molecule has 1 aliphatic rings. The molecule has 16 heavy (non-hydrogen) atoms. The number of hydrogen-bond acceptors (Lipinski definition) is 3. The normalized spacial score (nSPS) is 26.4. The Morgan fingerprint density at radius 2 is 2.12 bits per heavy atom. The largest absolute Gasteiger partial charge is 0.377 e. The third-order valence-corrected chi connectivity index (χ3v) is 2.75. The van der Waals surface area contributed by atoms with Crippen LogP contribution in [-0.4, -0.2) is 17.4 Å². The molecule has 0 aliphatic carbocycles. The summed E-state index contributed by atoms with van der Waals surface area (Å²) in [4.78, 5) is 3.70. The molecular formula is C12H18FN3. The Balaban J connectivity index is 2.93.